The van der Waals surface area contributed by atoms with E-state index in [1.807, 2.05) is 24.8 Å². The van der Waals surface area contributed by atoms with Crippen LogP contribution >= 0.6 is 0 Å². The third-order valence-corrected chi connectivity index (χ3v) is 5.67. The molecule has 1 atom stereocenters. The van der Waals surface area contributed by atoms with Crippen LogP contribution in [0.4, 0.5) is 16.2 Å². The quantitative estimate of drug-likeness (QED) is 0.521. The predicted molar refractivity (Wildman–Crippen MR) is 132 cm³/mol. The minimum atomic E-state index is -0.527. The highest BCUT2D eigenvalue weighted by Gasteiger charge is 2.29. The number of fused-ring (bicyclic) bond motifs is 1. The number of ether oxygens (including phenoxy) is 4. The monoisotopic (exact) mass is 476 g/mol. The first-order valence-electron chi connectivity index (χ1n) is 11.4. The second-order valence-corrected chi connectivity index (χ2v) is 8.43. The third kappa shape index (κ3) is 5.32. The molecular formula is C26H28N4O5. The highest BCUT2D eigenvalue weighted by atomic mass is 16.6. The zero-order chi connectivity index (χ0) is 24.9. The maximum Gasteiger partial charge on any atom is 0.411 e. The van der Waals surface area contributed by atoms with Gasteiger partial charge in [-0.3, -0.25) is 10.3 Å². The Labute approximate surface area is 204 Å². The van der Waals surface area contributed by atoms with Crippen LogP contribution in [0.5, 0.6) is 17.2 Å². The fraction of sp³-hybridized carbons (Fsp3) is 0.346. The Kier molecular flexibility index (Phi) is 7.11. The van der Waals surface area contributed by atoms with Gasteiger partial charge in [0.1, 0.15) is 17.9 Å². The number of aromatic nitrogens is 1. The summed E-state index contributed by atoms with van der Waals surface area (Å²) in [5.41, 5.74) is 2.49. The first-order chi connectivity index (χ1) is 16.9. The predicted octanol–water partition coefficient (Wildman–Crippen LogP) is 4.74. The molecule has 1 aliphatic rings. The number of amides is 1. The van der Waals surface area contributed by atoms with Gasteiger partial charge in [-0.15, -0.1) is 0 Å². The lowest BCUT2D eigenvalue weighted by Crippen LogP contribution is -2.27. The van der Waals surface area contributed by atoms with Crippen LogP contribution in [0.1, 0.15) is 25.8 Å². The molecule has 1 amide bonds. The largest absolute Gasteiger partial charge is 0.493 e. The number of nitrogens with zero attached hydrogens (tertiary/aromatic N) is 3. The average molecular weight is 477 g/mol. The van der Waals surface area contributed by atoms with Gasteiger partial charge in [0, 0.05) is 36.3 Å². The van der Waals surface area contributed by atoms with Gasteiger partial charge in [-0.1, -0.05) is 0 Å². The zero-order valence-corrected chi connectivity index (χ0v) is 20.2. The molecule has 4 rings (SSSR count). The Morgan fingerprint density at radius 1 is 1.17 bits per heavy atom. The van der Waals surface area contributed by atoms with Crippen LogP contribution in [0.2, 0.25) is 0 Å². The van der Waals surface area contributed by atoms with E-state index in [0.29, 0.717) is 47.8 Å². The molecule has 1 N–H and O–H groups in total. The summed E-state index contributed by atoms with van der Waals surface area (Å²) in [4.78, 5) is 18.9. The van der Waals surface area contributed by atoms with Crippen molar-refractivity contribution < 1.29 is 23.7 Å². The van der Waals surface area contributed by atoms with E-state index in [4.69, 9.17) is 18.9 Å². The van der Waals surface area contributed by atoms with Crippen molar-refractivity contribution in [2.24, 2.45) is 0 Å². The molecule has 1 aromatic heterocycles. The molecule has 0 radical (unpaired) electrons. The Balaban J connectivity index is 1.47. The molecule has 0 bridgehead atoms. The van der Waals surface area contributed by atoms with Crippen molar-refractivity contribution in [3.63, 3.8) is 0 Å². The van der Waals surface area contributed by atoms with Gasteiger partial charge in [-0.05, 0) is 44.2 Å². The Hall–Kier alpha value is -4.19. The maximum absolute atomic E-state index is 12.5. The van der Waals surface area contributed by atoms with Crippen molar-refractivity contribution in [2.45, 2.75) is 32.5 Å². The van der Waals surface area contributed by atoms with Crippen LogP contribution in [0, 0.1) is 11.3 Å². The highest BCUT2D eigenvalue weighted by molar-refractivity contribution is 5.96. The molecule has 2 aromatic carbocycles. The number of nitrogens with one attached hydrogen (secondary N) is 1. The van der Waals surface area contributed by atoms with Crippen LogP contribution in [-0.2, 0) is 4.74 Å². The van der Waals surface area contributed by atoms with E-state index >= 15 is 0 Å². The first-order valence-corrected chi connectivity index (χ1v) is 11.4. The molecule has 182 valence electrons. The summed E-state index contributed by atoms with van der Waals surface area (Å²) in [6.07, 6.45) is 1.41. The number of hydrogen-bond donors (Lipinski definition) is 1. The molecule has 1 unspecified atom stereocenters. The molecule has 35 heavy (non-hydrogen) atoms. The summed E-state index contributed by atoms with van der Waals surface area (Å²) in [5, 5.41) is 13.3. The number of methoxy groups -OCH3 is 2. The number of pyridine rings is 1. The van der Waals surface area contributed by atoms with E-state index in [9.17, 15) is 10.1 Å². The fourth-order valence-electron chi connectivity index (χ4n) is 4.14. The number of carbonyl (C=O) groups is 1. The molecule has 2 heterocycles. The van der Waals surface area contributed by atoms with Gasteiger partial charge in [0.25, 0.3) is 0 Å². The van der Waals surface area contributed by atoms with Crippen molar-refractivity contribution in [3.05, 3.63) is 48.2 Å². The minimum Gasteiger partial charge on any atom is -0.493 e. The van der Waals surface area contributed by atoms with Gasteiger partial charge < -0.3 is 23.8 Å². The van der Waals surface area contributed by atoms with Gasteiger partial charge in [0.2, 0.25) is 0 Å². The number of benzene rings is 2. The van der Waals surface area contributed by atoms with E-state index in [-0.39, 0.29) is 12.2 Å². The summed E-state index contributed by atoms with van der Waals surface area (Å²) in [6.45, 7) is 4.99. The number of carbonyl (C=O) groups excluding carboxylic acids is 1. The SMILES string of the molecule is COc1cc2ncc(C#N)c(N3CCC(OC(=O)Nc4ccc(OC(C)C)cc4)C3)c2cc1OC. The topological polar surface area (TPSA) is 106 Å². The molecule has 0 saturated carbocycles. The van der Waals surface area contributed by atoms with Crippen LogP contribution in [0.3, 0.4) is 0 Å². The molecule has 3 aromatic rings. The Bertz CT molecular complexity index is 1250. The maximum atomic E-state index is 12.5. The highest BCUT2D eigenvalue weighted by Crippen LogP contribution is 2.38. The van der Waals surface area contributed by atoms with Crippen LogP contribution < -0.4 is 24.4 Å². The van der Waals surface area contributed by atoms with E-state index in [1.54, 1.807) is 50.7 Å². The lowest BCUT2D eigenvalue weighted by atomic mass is 10.1. The average Bonchev–Trinajstić information content (AvgIpc) is 3.30. The normalized spacial score (nSPS) is 15.1. The van der Waals surface area contributed by atoms with Gasteiger partial charge in [0.15, 0.2) is 11.5 Å². The van der Waals surface area contributed by atoms with Crippen molar-refractivity contribution in [1.29, 1.82) is 5.26 Å². The smallest absolute Gasteiger partial charge is 0.411 e. The summed E-state index contributed by atoms with van der Waals surface area (Å²) in [7, 11) is 3.13. The summed E-state index contributed by atoms with van der Waals surface area (Å²) < 4.78 is 22.1. The number of anilines is 2. The summed E-state index contributed by atoms with van der Waals surface area (Å²) in [6, 6.07) is 13.0. The molecule has 1 fully saturated rings. The van der Waals surface area contributed by atoms with Crippen molar-refractivity contribution in [3.8, 4) is 23.3 Å². The standard InChI is InChI=1S/C26H28N4O5/c1-16(2)34-19-7-5-18(6-8-19)29-26(31)35-20-9-10-30(15-20)25-17(13-27)14-28-22-12-24(33-4)23(32-3)11-21(22)25/h5-8,11-12,14,16,20H,9-10,15H2,1-4H3,(H,29,31). The number of nitriles is 1. The Morgan fingerprint density at radius 3 is 2.54 bits per heavy atom. The lowest BCUT2D eigenvalue weighted by Gasteiger charge is -2.22. The molecule has 1 aliphatic heterocycles. The molecule has 1 saturated heterocycles. The first kappa shape index (κ1) is 24.0. The van der Waals surface area contributed by atoms with Crippen LogP contribution in [0.25, 0.3) is 10.9 Å². The molecule has 0 aliphatic carbocycles. The number of rotatable bonds is 7. The van der Waals surface area contributed by atoms with Crippen molar-refractivity contribution in [1.82, 2.24) is 4.98 Å². The minimum absolute atomic E-state index is 0.0752. The van der Waals surface area contributed by atoms with Gasteiger partial charge in [-0.25, -0.2) is 4.79 Å². The number of hydrogen-bond acceptors (Lipinski definition) is 8. The summed E-state index contributed by atoms with van der Waals surface area (Å²) in [5.74, 6) is 1.85. The van der Waals surface area contributed by atoms with Gasteiger partial charge in [-0.2, -0.15) is 5.26 Å². The van der Waals surface area contributed by atoms with E-state index < -0.39 is 6.09 Å². The molecular weight excluding hydrogens is 448 g/mol. The second kappa shape index (κ2) is 10.4. The van der Waals surface area contributed by atoms with Gasteiger partial charge >= 0.3 is 6.09 Å². The Morgan fingerprint density at radius 2 is 1.89 bits per heavy atom. The third-order valence-electron chi connectivity index (χ3n) is 5.67. The van der Waals surface area contributed by atoms with E-state index in [0.717, 1.165) is 16.8 Å². The van der Waals surface area contributed by atoms with Crippen LogP contribution in [-0.4, -0.2) is 50.6 Å². The lowest BCUT2D eigenvalue weighted by molar-refractivity contribution is 0.122. The fourth-order valence-corrected chi connectivity index (χ4v) is 4.14. The second-order valence-electron chi connectivity index (χ2n) is 8.43. The zero-order valence-electron chi connectivity index (χ0n) is 20.2. The van der Waals surface area contributed by atoms with Crippen molar-refractivity contribution >= 4 is 28.4 Å². The summed E-state index contributed by atoms with van der Waals surface area (Å²) >= 11 is 0. The van der Waals surface area contributed by atoms with E-state index in [2.05, 4.69) is 16.4 Å². The van der Waals surface area contributed by atoms with Crippen molar-refractivity contribution in [2.75, 3.05) is 37.5 Å². The van der Waals surface area contributed by atoms with E-state index in [1.165, 1.54) is 0 Å². The molecule has 0 spiro atoms. The molecule has 9 heteroatoms. The van der Waals surface area contributed by atoms with Crippen LogP contribution in [0.15, 0.2) is 42.6 Å². The molecule has 9 nitrogen and oxygen atoms in total. The van der Waals surface area contributed by atoms with Gasteiger partial charge in [0.05, 0.1) is 43.6 Å².